The van der Waals surface area contributed by atoms with Gasteiger partial charge in [0.15, 0.2) is 0 Å². The summed E-state index contributed by atoms with van der Waals surface area (Å²) < 4.78 is 15.7. The van der Waals surface area contributed by atoms with Crippen LogP contribution in [-0.2, 0) is 13.5 Å². The molecular formula is C13H16ClFN4. The highest BCUT2D eigenvalue weighted by Gasteiger charge is 2.19. The minimum atomic E-state index is -0.400. The van der Waals surface area contributed by atoms with Crippen LogP contribution in [0.25, 0.3) is 0 Å². The number of benzene rings is 1. The zero-order valence-electron chi connectivity index (χ0n) is 10.8. The van der Waals surface area contributed by atoms with Crippen molar-refractivity contribution in [3.8, 4) is 0 Å². The molecule has 1 heterocycles. The molecule has 0 aliphatic carbocycles. The van der Waals surface area contributed by atoms with Crippen LogP contribution in [0.2, 0.25) is 5.02 Å². The molecule has 0 aliphatic rings. The maximum atomic E-state index is 13.9. The van der Waals surface area contributed by atoms with Gasteiger partial charge in [-0.3, -0.25) is 16.0 Å². The molecule has 2 rings (SSSR count). The van der Waals surface area contributed by atoms with E-state index in [1.807, 2.05) is 20.0 Å². The number of hydrazine groups is 1. The average molecular weight is 283 g/mol. The number of aromatic nitrogens is 2. The van der Waals surface area contributed by atoms with Crippen molar-refractivity contribution in [2.75, 3.05) is 0 Å². The second-order valence-corrected chi connectivity index (χ2v) is 4.87. The van der Waals surface area contributed by atoms with Crippen molar-refractivity contribution in [2.24, 2.45) is 12.9 Å². The van der Waals surface area contributed by atoms with Gasteiger partial charge in [0.2, 0.25) is 0 Å². The van der Waals surface area contributed by atoms with Crippen molar-refractivity contribution in [2.45, 2.75) is 19.4 Å². The third kappa shape index (κ3) is 2.94. The Morgan fingerprint density at radius 1 is 1.53 bits per heavy atom. The van der Waals surface area contributed by atoms with Crippen LogP contribution < -0.4 is 11.3 Å². The lowest BCUT2D eigenvalue weighted by atomic mass is 10.0. The van der Waals surface area contributed by atoms with E-state index in [0.717, 1.165) is 11.4 Å². The number of nitrogens with two attached hydrogens (primary N) is 1. The largest absolute Gasteiger partial charge is 0.272 e. The zero-order valence-corrected chi connectivity index (χ0v) is 11.6. The SMILES string of the molecule is Cc1cc(CC(NN)c2c(F)cccc2Cl)n(C)n1. The van der Waals surface area contributed by atoms with Crippen LogP contribution >= 0.6 is 11.6 Å². The Kier molecular flexibility index (Phi) is 4.19. The first kappa shape index (κ1) is 14.0. The van der Waals surface area contributed by atoms with Crippen LogP contribution in [0.4, 0.5) is 4.39 Å². The molecule has 0 aliphatic heterocycles. The van der Waals surface area contributed by atoms with Gasteiger partial charge < -0.3 is 0 Å². The molecule has 0 saturated heterocycles. The van der Waals surface area contributed by atoms with E-state index in [2.05, 4.69) is 10.5 Å². The van der Waals surface area contributed by atoms with Crippen LogP contribution in [0.3, 0.4) is 0 Å². The first-order valence-corrected chi connectivity index (χ1v) is 6.30. The van der Waals surface area contributed by atoms with E-state index in [1.54, 1.807) is 16.8 Å². The average Bonchev–Trinajstić information content (AvgIpc) is 2.66. The molecule has 0 amide bonds. The summed E-state index contributed by atoms with van der Waals surface area (Å²) in [5.41, 5.74) is 4.87. The van der Waals surface area contributed by atoms with Crippen molar-refractivity contribution in [3.63, 3.8) is 0 Å². The summed E-state index contributed by atoms with van der Waals surface area (Å²) in [7, 11) is 1.85. The fourth-order valence-corrected chi connectivity index (χ4v) is 2.45. The predicted octanol–water partition coefficient (Wildman–Crippen LogP) is 2.27. The lowest BCUT2D eigenvalue weighted by Crippen LogP contribution is -2.31. The zero-order chi connectivity index (χ0) is 14.0. The number of hydrogen-bond donors (Lipinski definition) is 2. The molecule has 4 nitrogen and oxygen atoms in total. The molecule has 3 N–H and O–H groups in total. The highest BCUT2D eigenvalue weighted by molar-refractivity contribution is 6.31. The van der Waals surface area contributed by atoms with Crippen molar-refractivity contribution >= 4 is 11.6 Å². The summed E-state index contributed by atoms with van der Waals surface area (Å²) in [6.45, 7) is 1.91. The molecule has 0 fully saturated rings. The molecule has 6 heteroatoms. The van der Waals surface area contributed by atoms with E-state index in [1.165, 1.54) is 6.07 Å². The monoisotopic (exact) mass is 282 g/mol. The quantitative estimate of drug-likeness (QED) is 0.668. The Hall–Kier alpha value is -1.43. The Balaban J connectivity index is 2.33. The minimum Gasteiger partial charge on any atom is -0.272 e. The van der Waals surface area contributed by atoms with Gasteiger partial charge >= 0.3 is 0 Å². The van der Waals surface area contributed by atoms with Gasteiger partial charge in [-0.15, -0.1) is 0 Å². The number of nitrogens with zero attached hydrogens (tertiary/aromatic N) is 2. The van der Waals surface area contributed by atoms with Gasteiger partial charge in [-0.1, -0.05) is 17.7 Å². The van der Waals surface area contributed by atoms with Crippen molar-refractivity contribution < 1.29 is 4.39 Å². The van der Waals surface area contributed by atoms with E-state index in [0.29, 0.717) is 17.0 Å². The Bertz CT molecular complexity index is 562. The molecule has 1 unspecified atom stereocenters. The summed E-state index contributed by atoms with van der Waals surface area (Å²) in [5, 5.41) is 4.62. The molecular weight excluding hydrogens is 267 g/mol. The molecule has 0 radical (unpaired) electrons. The van der Waals surface area contributed by atoms with E-state index in [9.17, 15) is 4.39 Å². The third-order valence-electron chi connectivity index (χ3n) is 3.06. The third-order valence-corrected chi connectivity index (χ3v) is 3.39. The maximum absolute atomic E-state index is 13.9. The van der Waals surface area contributed by atoms with Crippen LogP contribution in [0.15, 0.2) is 24.3 Å². The Morgan fingerprint density at radius 3 is 2.79 bits per heavy atom. The van der Waals surface area contributed by atoms with Gasteiger partial charge in [0.1, 0.15) is 5.82 Å². The number of rotatable bonds is 4. The predicted molar refractivity (Wildman–Crippen MR) is 73.1 cm³/mol. The van der Waals surface area contributed by atoms with Gasteiger partial charge in [-0.05, 0) is 25.1 Å². The first-order chi connectivity index (χ1) is 9.02. The van der Waals surface area contributed by atoms with Crippen molar-refractivity contribution in [1.82, 2.24) is 15.2 Å². The summed E-state index contributed by atoms with van der Waals surface area (Å²) in [6, 6.07) is 6.14. The van der Waals surface area contributed by atoms with Crippen LogP contribution in [0, 0.1) is 12.7 Å². The lowest BCUT2D eigenvalue weighted by molar-refractivity contribution is 0.497. The molecule has 1 aromatic heterocycles. The van der Waals surface area contributed by atoms with Gasteiger partial charge in [-0.2, -0.15) is 5.10 Å². The molecule has 0 spiro atoms. The standard InChI is InChI=1S/C13H16ClFN4/c1-8-6-9(19(2)18-8)7-12(17-16)13-10(14)4-3-5-11(13)15/h3-6,12,17H,7,16H2,1-2H3. The molecule has 19 heavy (non-hydrogen) atoms. The number of nitrogens with one attached hydrogen (secondary N) is 1. The van der Waals surface area contributed by atoms with Crippen molar-refractivity contribution in [1.29, 1.82) is 0 Å². The highest BCUT2D eigenvalue weighted by Crippen LogP contribution is 2.27. The minimum absolute atomic E-state index is 0.363. The van der Waals surface area contributed by atoms with Gasteiger partial charge in [0, 0.05) is 29.7 Å². The topological polar surface area (TPSA) is 55.9 Å². The molecule has 1 aromatic carbocycles. The van der Waals surface area contributed by atoms with E-state index in [4.69, 9.17) is 17.4 Å². The van der Waals surface area contributed by atoms with Crippen LogP contribution in [-0.4, -0.2) is 9.78 Å². The summed E-state index contributed by atoms with van der Waals surface area (Å²) in [5.74, 6) is 5.18. The van der Waals surface area contributed by atoms with E-state index >= 15 is 0 Å². The van der Waals surface area contributed by atoms with Crippen LogP contribution in [0.1, 0.15) is 23.0 Å². The lowest BCUT2D eigenvalue weighted by Gasteiger charge is -2.18. The van der Waals surface area contributed by atoms with Crippen molar-refractivity contribution in [3.05, 3.63) is 52.1 Å². The van der Waals surface area contributed by atoms with E-state index in [-0.39, 0.29) is 5.82 Å². The maximum Gasteiger partial charge on any atom is 0.129 e. The highest BCUT2D eigenvalue weighted by atomic mass is 35.5. The molecule has 2 aromatic rings. The fraction of sp³-hybridized carbons (Fsp3) is 0.308. The molecule has 102 valence electrons. The van der Waals surface area contributed by atoms with Gasteiger partial charge in [0.05, 0.1) is 11.7 Å². The van der Waals surface area contributed by atoms with E-state index < -0.39 is 6.04 Å². The Labute approximate surface area is 116 Å². The summed E-state index contributed by atoms with van der Waals surface area (Å²) in [6.07, 6.45) is 0.508. The number of halogens is 2. The molecule has 0 saturated carbocycles. The van der Waals surface area contributed by atoms with Gasteiger partial charge in [0.25, 0.3) is 0 Å². The number of hydrogen-bond acceptors (Lipinski definition) is 3. The molecule has 0 bridgehead atoms. The Morgan fingerprint density at radius 2 is 2.26 bits per heavy atom. The second kappa shape index (κ2) is 5.69. The van der Waals surface area contributed by atoms with Gasteiger partial charge in [-0.25, -0.2) is 4.39 Å². The summed E-state index contributed by atoms with van der Waals surface area (Å²) >= 11 is 6.06. The summed E-state index contributed by atoms with van der Waals surface area (Å²) in [4.78, 5) is 0. The second-order valence-electron chi connectivity index (χ2n) is 4.46. The molecule has 1 atom stereocenters. The smallest absolute Gasteiger partial charge is 0.129 e. The fourth-order valence-electron chi connectivity index (χ4n) is 2.15. The normalized spacial score (nSPS) is 12.7. The number of aryl methyl sites for hydroxylation is 2. The van der Waals surface area contributed by atoms with Crippen LogP contribution in [0.5, 0.6) is 0 Å². The first-order valence-electron chi connectivity index (χ1n) is 5.92.